The Morgan fingerprint density at radius 1 is 1.62 bits per heavy atom. The number of nitrogens with zero attached hydrogens (tertiary/aromatic N) is 1. The summed E-state index contributed by atoms with van der Waals surface area (Å²) in [6.45, 7) is 0. The van der Waals surface area contributed by atoms with Gasteiger partial charge in [-0.25, -0.2) is 0 Å². The molecular weight excluding hydrogens is 108 g/mol. The number of aldehydes is 1. The van der Waals surface area contributed by atoms with E-state index in [1.54, 1.807) is 0 Å². The van der Waals surface area contributed by atoms with E-state index in [1.165, 1.54) is 0 Å². The Kier molecular flexibility index (Phi) is 2.25. The van der Waals surface area contributed by atoms with Crippen LogP contribution in [-0.2, 0) is 4.79 Å². The minimum absolute atomic E-state index is 0.280. The molecule has 0 heterocycles. The topological polar surface area (TPSA) is 105 Å². The molecule has 0 aromatic heterocycles. The first-order valence-electron chi connectivity index (χ1n) is 1.80. The highest BCUT2D eigenvalue weighted by atomic mass is 16.1. The molecule has 0 saturated heterocycles. The van der Waals surface area contributed by atoms with E-state index in [0.717, 1.165) is 0 Å². The van der Waals surface area contributed by atoms with Crippen molar-refractivity contribution in [2.75, 3.05) is 0 Å². The molecule has 44 valence electrons. The summed E-state index contributed by atoms with van der Waals surface area (Å²) in [5, 5.41) is 6.48. The summed E-state index contributed by atoms with van der Waals surface area (Å²) in [4.78, 5) is 12.7. The normalized spacial score (nSPS) is 10.8. The molecule has 8 heavy (non-hydrogen) atoms. The molecular formula is C3H6N4O. The van der Waals surface area contributed by atoms with E-state index in [1.807, 2.05) is 0 Å². The van der Waals surface area contributed by atoms with Gasteiger partial charge in [0, 0.05) is 0 Å². The molecule has 0 aliphatic carbocycles. The van der Waals surface area contributed by atoms with Crippen LogP contribution in [0.5, 0.6) is 0 Å². The minimum Gasteiger partial charge on any atom is -0.381 e. The summed E-state index contributed by atoms with van der Waals surface area (Å²) in [6.07, 6.45) is 0.321. The molecule has 0 fully saturated rings. The van der Waals surface area contributed by atoms with Crippen LogP contribution < -0.4 is 11.5 Å². The highest BCUT2D eigenvalue weighted by Crippen LogP contribution is 1.61. The van der Waals surface area contributed by atoms with E-state index >= 15 is 0 Å². The van der Waals surface area contributed by atoms with E-state index in [9.17, 15) is 4.79 Å². The van der Waals surface area contributed by atoms with Crippen molar-refractivity contribution in [3.05, 3.63) is 0 Å². The molecule has 5 nitrogen and oxygen atoms in total. The average molecular weight is 114 g/mol. The standard InChI is InChI=1S/C3H6N4O/c4-2(1-8)7-3(5)6/h1H,(H5,4,5,6,7). The number of nitrogens with two attached hydrogens (primary N) is 2. The van der Waals surface area contributed by atoms with Crippen molar-refractivity contribution in [1.29, 1.82) is 5.41 Å². The van der Waals surface area contributed by atoms with Crippen molar-refractivity contribution in [3.8, 4) is 0 Å². The smallest absolute Gasteiger partial charge is 0.214 e. The molecule has 5 heteroatoms. The van der Waals surface area contributed by atoms with Gasteiger partial charge in [0.2, 0.25) is 5.96 Å². The number of aliphatic imine (C=N–C) groups is 1. The van der Waals surface area contributed by atoms with Gasteiger partial charge in [-0.3, -0.25) is 10.2 Å². The van der Waals surface area contributed by atoms with Gasteiger partial charge in [-0.1, -0.05) is 0 Å². The van der Waals surface area contributed by atoms with Crippen molar-refractivity contribution in [2.45, 2.75) is 0 Å². The first-order chi connectivity index (χ1) is 3.66. The highest BCUT2D eigenvalue weighted by molar-refractivity contribution is 6.28. The molecule has 0 amide bonds. The largest absolute Gasteiger partial charge is 0.381 e. The zero-order chi connectivity index (χ0) is 6.57. The van der Waals surface area contributed by atoms with Gasteiger partial charge in [0.1, 0.15) is 0 Å². The van der Waals surface area contributed by atoms with Gasteiger partial charge in [-0.05, 0) is 0 Å². The fourth-order valence-corrected chi connectivity index (χ4v) is 0.165. The highest BCUT2D eigenvalue weighted by Gasteiger charge is 1.84. The second kappa shape index (κ2) is 2.73. The number of hydrogen-bond acceptors (Lipinski definition) is 2. The van der Waals surface area contributed by atoms with Crippen molar-refractivity contribution >= 4 is 18.1 Å². The Morgan fingerprint density at radius 3 is 2.25 bits per heavy atom. The van der Waals surface area contributed by atoms with Crippen molar-refractivity contribution in [2.24, 2.45) is 16.5 Å². The van der Waals surface area contributed by atoms with Crippen LogP contribution in [0, 0.1) is 5.41 Å². The van der Waals surface area contributed by atoms with Gasteiger partial charge in [0.25, 0.3) is 0 Å². The molecule has 0 atom stereocenters. The molecule has 0 rings (SSSR count). The zero-order valence-electron chi connectivity index (χ0n) is 4.09. The maximum atomic E-state index is 9.63. The van der Waals surface area contributed by atoms with E-state index in [4.69, 9.17) is 16.9 Å². The maximum Gasteiger partial charge on any atom is 0.214 e. The van der Waals surface area contributed by atoms with Gasteiger partial charge in [-0.2, -0.15) is 4.99 Å². The Morgan fingerprint density at radius 2 is 2.12 bits per heavy atom. The van der Waals surface area contributed by atoms with E-state index in [2.05, 4.69) is 4.99 Å². The third-order valence-corrected chi connectivity index (χ3v) is 0.370. The second-order valence-corrected chi connectivity index (χ2v) is 1.04. The van der Waals surface area contributed by atoms with Crippen LogP contribution in [0.4, 0.5) is 0 Å². The molecule has 0 radical (unpaired) electrons. The van der Waals surface area contributed by atoms with Crippen LogP contribution in [0.2, 0.25) is 0 Å². The summed E-state index contributed by atoms with van der Waals surface area (Å²) in [6, 6.07) is 0. The Labute approximate surface area is 45.9 Å². The van der Waals surface area contributed by atoms with Crippen molar-refractivity contribution in [1.82, 2.24) is 0 Å². The van der Waals surface area contributed by atoms with Crippen LogP contribution in [-0.4, -0.2) is 18.1 Å². The summed E-state index contributed by atoms with van der Waals surface area (Å²) in [7, 11) is 0. The Hall–Kier alpha value is -1.39. The SMILES string of the molecule is N=C(N)/N=C(\N)C=O. The lowest BCUT2D eigenvalue weighted by atomic mass is 10.7. The number of carbonyl (C=O) groups excluding carboxylic acids is 1. The average Bonchev–Trinajstić information content (AvgIpc) is 1.65. The molecule has 5 N–H and O–H groups in total. The first kappa shape index (κ1) is 6.61. The lowest BCUT2D eigenvalue weighted by molar-refractivity contribution is -0.102. The fraction of sp³-hybridized carbons (Fsp3) is 0. The minimum atomic E-state index is -0.463. The van der Waals surface area contributed by atoms with Crippen molar-refractivity contribution in [3.63, 3.8) is 0 Å². The van der Waals surface area contributed by atoms with Gasteiger partial charge in [0.05, 0.1) is 0 Å². The van der Waals surface area contributed by atoms with Gasteiger partial charge >= 0.3 is 0 Å². The Balaban J connectivity index is 3.94. The van der Waals surface area contributed by atoms with Gasteiger partial charge in [0.15, 0.2) is 12.1 Å². The van der Waals surface area contributed by atoms with Crippen molar-refractivity contribution < 1.29 is 4.79 Å². The molecule has 0 aromatic carbocycles. The first-order valence-corrected chi connectivity index (χ1v) is 1.80. The molecule has 0 spiro atoms. The van der Waals surface area contributed by atoms with Gasteiger partial charge in [-0.15, -0.1) is 0 Å². The lowest BCUT2D eigenvalue weighted by Crippen LogP contribution is -2.18. The van der Waals surface area contributed by atoms with Gasteiger partial charge < -0.3 is 11.5 Å². The van der Waals surface area contributed by atoms with E-state index in [0.29, 0.717) is 6.29 Å². The monoisotopic (exact) mass is 114 g/mol. The third kappa shape index (κ3) is 2.83. The van der Waals surface area contributed by atoms with Crippen LogP contribution in [0.15, 0.2) is 4.99 Å². The summed E-state index contributed by atoms with van der Waals surface area (Å²) in [5.41, 5.74) is 9.56. The second-order valence-electron chi connectivity index (χ2n) is 1.04. The zero-order valence-corrected chi connectivity index (χ0v) is 4.09. The number of nitrogens with one attached hydrogen (secondary N) is 1. The summed E-state index contributed by atoms with van der Waals surface area (Å²) < 4.78 is 0. The van der Waals surface area contributed by atoms with Crippen LogP contribution >= 0.6 is 0 Å². The number of amidine groups is 1. The molecule has 0 aliphatic rings. The lowest BCUT2D eigenvalue weighted by Gasteiger charge is -1.83. The predicted molar refractivity (Wildman–Crippen MR) is 29.6 cm³/mol. The Bertz CT molecular complexity index is 138. The summed E-state index contributed by atoms with van der Waals surface area (Å²) in [5.74, 6) is -0.743. The number of hydrogen-bond donors (Lipinski definition) is 3. The predicted octanol–water partition coefficient (Wildman–Crippen LogP) is -1.56. The number of carbonyl (C=O) groups is 1. The molecule has 0 unspecified atom stereocenters. The molecule has 0 aliphatic heterocycles. The van der Waals surface area contributed by atoms with Crippen LogP contribution in [0.3, 0.4) is 0 Å². The van der Waals surface area contributed by atoms with E-state index in [-0.39, 0.29) is 5.84 Å². The number of guanidine groups is 1. The molecule has 0 bridgehead atoms. The molecule has 0 aromatic rings. The molecule has 0 saturated carbocycles. The quantitative estimate of drug-likeness (QED) is 0.218. The third-order valence-electron chi connectivity index (χ3n) is 0.370. The number of rotatable bonds is 1. The van der Waals surface area contributed by atoms with Crippen LogP contribution in [0.25, 0.3) is 0 Å². The maximum absolute atomic E-state index is 9.63. The van der Waals surface area contributed by atoms with E-state index < -0.39 is 5.96 Å². The fourth-order valence-electron chi connectivity index (χ4n) is 0.165. The van der Waals surface area contributed by atoms with Crippen LogP contribution in [0.1, 0.15) is 0 Å². The summed E-state index contributed by atoms with van der Waals surface area (Å²) >= 11 is 0.